The first-order valence-corrected chi connectivity index (χ1v) is 5.77. The van der Waals surface area contributed by atoms with Crippen LogP contribution in [0.5, 0.6) is 0 Å². The van der Waals surface area contributed by atoms with Gasteiger partial charge in [-0.3, -0.25) is 4.98 Å². The van der Waals surface area contributed by atoms with Crippen LogP contribution in [-0.2, 0) is 4.74 Å². The molecule has 0 amide bonds. The number of fused-ring (bicyclic) bond motifs is 1. The summed E-state index contributed by atoms with van der Waals surface area (Å²) in [6.45, 7) is 0. The minimum Gasteiger partial charge on any atom is -0.464 e. The van der Waals surface area contributed by atoms with E-state index in [1.807, 2.05) is 30.3 Å². The average molecular weight is 253 g/mol. The number of rotatable bonds is 2. The van der Waals surface area contributed by atoms with Gasteiger partial charge in [-0.25, -0.2) is 9.78 Å². The van der Waals surface area contributed by atoms with Gasteiger partial charge < -0.3 is 9.72 Å². The summed E-state index contributed by atoms with van der Waals surface area (Å²) in [4.78, 5) is 22.8. The summed E-state index contributed by atoms with van der Waals surface area (Å²) >= 11 is 0. The third-order valence-corrected chi connectivity index (χ3v) is 2.88. The molecule has 0 aliphatic heterocycles. The Morgan fingerprint density at radius 3 is 2.89 bits per heavy atom. The zero-order valence-electron chi connectivity index (χ0n) is 10.3. The minimum absolute atomic E-state index is 0.312. The van der Waals surface area contributed by atoms with E-state index in [4.69, 9.17) is 0 Å². The van der Waals surface area contributed by atoms with Gasteiger partial charge in [0, 0.05) is 11.6 Å². The van der Waals surface area contributed by atoms with Crippen LogP contribution in [0.3, 0.4) is 0 Å². The molecule has 1 N–H and O–H groups in total. The molecule has 5 heteroatoms. The van der Waals surface area contributed by atoms with E-state index in [0.717, 1.165) is 10.8 Å². The van der Waals surface area contributed by atoms with Crippen molar-refractivity contribution in [1.82, 2.24) is 15.0 Å². The largest absolute Gasteiger partial charge is 0.464 e. The van der Waals surface area contributed by atoms with E-state index in [-0.39, 0.29) is 0 Å². The van der Waals surface area contributed by atoms with E-state index < -0.39 is 5.97 Å². The predicted octanol–water partition coefficient (Wildman–Crippen LogP) is 2.41. The lowest BCUT2D eigenvalue weighted by Gasteiger charge is -2.02. The summed E-state index contributed by atoms with van der Waals surface area (Å²) in [5, 5.41) is 2.05. The number of imidazole rings is 1. The van der Waals surface area contributed by atoms with Crippen molar-refractivity contribution < 1.29 is 9.53 Å². The van der Waals surface area contributed by atoms with Gasteiger partial charge in [-0.1, -0.05) is 24.3 Å². The van der Waals surface area contributed by atoms with Crippen LogP contribution in [0.2, 0.25) is 0 Å². The summed E-state index contributed by atoms with van der Waals surface area (Å²) in [6, 6.07) is 9.82. The second-order valence-electron chi connectivity index (χ2n) is 4.02. The molecule has 3 rings (SSSR count). The summed E-state index contributed by atoms with van der Waals surface area (Å²) in [6.07, 6.45) is 3.17. The molecule has 94 valence electrons. The second-order valence-corrected chi connectivity index (χ2v) is 4.02. The van der Waals surface area contributed by atoms with Crippen molar-refractivity contribution in [3.8, 4) is 11.5 Å². The van der Waals surface area contributed by atoms with E-state index >= 15 is 0 Å². The summed E-state index contributed by atoms with van der Waals surface area (Å²) in [5.41, 5.74) is 1.03. The Labute approximate surface area is 109 Å². The van der Waals surface area contributed by atoms with Gasteiger partial charge in [0.05, 0.1) is 13.3 Å². The number of esters is 1. The lowest BCUT2D eigenvalue weighted by molar-refractivity contribution is 0.0595. The molecule has 19 heavy (non-hydrogen) atoms. The van der Waals surface area contributed by atoms with Gasteiger partial charge >= 0.3 is 5.97 Å². The maximum Gasteiger partial charge on any atom is 0.356 e. The molecule has 0 aliphatic rings. The van der Waals surface area contributed by atoms with Gasteiger partial charge in [0.15, 0.2) is 5.82 Å². The van der Waals surface area contributed by atoms with Crippen molar-refractivity contribution in [3.63, 3.8) is 0 Å². The number of hydrogen-bond donors (Lipinski definition) is 1. The second kappa shape index (κ2) is 4.53. The number of carbonyl (C=O) groups is 1. The number of nitrogens with zero attached hydrogens (tertiary/aromatic N) is 2. The van der Waals surface area contributed by atoms with Crippen LogP contribution < -0.4 is 0 Å². The van der Waals surface area contributed by atoms with Crippen LogP contribution in [0, 0.1) is 0 Å². The first kappa shape index (κ1) is 11.4. The number of methoxy groups -OCH3 is 1. The van der Waals surface area contributed by atoms with Crippen LogP contribution in [-0.4, -0.2) is 28.0 Å². The van der Waals surface area contributed by atoms with E-state index in [1.54, 1.807) is 6.20 Å². The number of H-pyrrole nitrogens is 1. The van der Waals surface area contributed by atoms with Crippen LogP contribution in [0.15, 0.2) is 42.7 Å². The molecule has 0 atom stereocenters. The highest BCUT2D eigenvalue weighted by Gasteiger charge is 2.13. The maximum atomic E-state index is 11.4. The quantitative estimate of drug-likeness (QED) is 0.712. The van der Waals surface area contributed by atoms with E-state index in [1.165, 1.54) is 13.3 Å². The number of ether oxygens (including phenoxy) is 1. The summed E-state index contributed by atoms with van der Waals surface area (Å²) in [5.74, 6) is 0.108. The van der Waals surface area contributed by atoms with Crippen LogP contribution in [0.25, 0.3) is 22.3 Å². The molecule has 0 radical (unpaired) electrons. The Morgan fingerprint density at radius 2 is 2.05 bits per heavy atom. The van der Waals surface area contributed by atoms with E-state index in [2.05, 4.69) is 19.7 Å². The fraction of sp³-hybridized carbons (Fsp3) is 0.0714. The standard InChI is InChI=1S/C14H11N3O2/c1-19-14(18)11-8-16-13(17-11)12-10-5-3-2-4-9(10)6-7-15-12/h2-8H,1H3,(H,16,17). The molecule has 0 aliphatic carbocycles. The maximum absolute atomic E-state index is 11.4. The lowest BCUT2D eigenvalue weighted by atomic mass is 10.1. The highest BCUT2D eigenvalue weighted by atomic mass is 16.5. The highest BCUT2D eigenvalue weighted by Crippen LogP contribution is 2.23. The fourth-order valence-corrected chi connectivity index (χ4v) is 1.96. The molecule has 0 bridgehead atoms. The molecule has 0 saturated carbocycles. The van der Waals surface area contributed by atoms with Crippen molar-refractivity contribution in [2.75, 3.05) is 7.11 Å². The zero-order valence-corrected chi connectivity index (χ0v) is 10.3. The molecular weight excluding hydrogens is 242 g/mol. The number of carbonyl (C=O) groups excluding carboxylic acids is 1. The first-order valence-electron chi connectivity index (χ1n) is 5.77. The van der Waals surface area contributed by atoms with Crippen molar-refractivity contribution in [1.29, 1.82) is 0 Å². The van der Waals surface area contributed by atoms with Gasteiger partial charge in [-0.15, -0.1) is 0 Å². The molecule has 5 nitrogen and oxygen atoms in total. The number of benzene rings is 1. The van der Waals surface area contributed by atoms with E-state index in [9.17, 15) is 4.79 Å². The predicted molar refractivity (Wildman–Crippen MR) is 70.7 cm³/mol. The number of aromatic nitrogens is 3. The first-order chi connectivity index (χ1) is 9.29. The smallest absolute Gasteiger partial charge is 0.356 e. The van der Waals surface area contributed by atoms with Crippen molar-refractivity contribution in [3.05, 3.63) is 48.4 Å². The summed E-state index contributed by atoms with van der Waals surface area (Å²) < 4.78 is 4.64. The molecule has 1 aromatic carbocycles. The van der Waals surface area contributed by atoms with Crippen LogP contribution in [0.4, 0.5) is 0 Å². The normalized spacial score (nSPS) is 10.6. The number of pyridine rings is 1. The third-order valence-electron chi connectivity index (χ3n) is 2.88. The Kier molecular flexibility index (Phi) is 2.72. The highest BCUT2D eigenvalue weighted by molar-refractivity contribution is 5.94. The minimum atomic E-state index is -0.445. The molecule has 0 fully saturated rings. The molecule has 0 unspecified atom stereocenters. The number of nitrogens with one attached hydrogen (secondary N) is 1. The van der Waals surface area contributed by atoms with Gasteiger partial charge in [-0.2, -0.15) is 0 Å². The molecule has 2 aromatic heterocycles. The third kappa shape index (κ3) is 1.95. The summed E-state index contributed by atoms with van der Waals surface area (Å²) in [7, 11) is 1.33. The Bertz CT molecular complexity index is 744. The Morgan fingerprint density at radius 1 is 1.21 bits per heavy atom. The fourth-order valence-electron chi connectivity index (χ4n) is 1.96. The van der Waals surface area contributed by atoms with Crippen LogP contribution >= 0.6 is 0 Å². The molecule has 0 spiro atoms. The average Bonchev–Trinajstić information content (AvgIpc) is 2.95. The Balaban J connectivity index is 2.14. The number of aromatic amines is 1. The Hall–Kier alpha value is -2.69. The van der Waals surface area contributed by atoms with Crippen molar-refractivity contribution >= 4 is 16.7 Å². The molecule has 0 saturated heterocycles. The SMILES string of the molecule is COC(=O)c1cnc(-c2nccc3ccccc23)[nH]1. The number of hydrogen-bond acceptors (Lipinski definition) is 4. The van der Waals surface area contributed by atoms with Gasteiger partial charge in [0.2, 0.25) is 0 Å². The molecule has 3 aromatic rings. The van der Waals surface area contributed by atoms with E-state index in [0.29, 0.717) is 17.2 Å². The van der Waals surface area contributed by atoms with Gasteiger partial charge in [0.25, 0.3) is 0 Å². The zero-order chi connectivity index (χ0) is 13.2. The molecular formula is C14H11N3O2. The lowest BCUT2D eigenvalue weighted by Crippen LogP contribution is -2.01. The topological polar surface area (TPSA) is 67.9 Å². The van der Waals surface area contributed by atoms with Gasteiger partial charge in [0.1, 0.15) is 11.4 Å². The monoisotopic (exact) mass is 253 g/mol. The van der Waals surface area contributed by atoms with Crippen molar-refractivity contribution in [2.45, 2.75) is 0 Å². The van der Waals surface area contributed by atoms with Gasteiger partial charge in [-0.05, 0) is 11.5 Å². The molecule has 2 heterocycles. The van der Waals surface area contributed by atoms with Crippen LogP contribution in [0.1, 0.15) is 10.5 Å². The van der Waals surface area contributed by atoms with Crippen molar-refractivity contribution in [2.24, 2.45) is 0 Å².